The maximum Gasteiger partial charge on any atom is 0.159 e. The van der Waals surface area contributed by atoms with Crippen molar-refractivity contribution in [3.8, 4) is 0 Å². The van der Waals surface area contributed by atoms with Crippen molar-refractivity contribution in [2.75, 3.05) is 16.4 Å². The Morgan fingerprint density at radius 1 is 1.17 bits per heavy atom. The van der Waals surface area contributed by atoms with Crippen LogP contribution in [0.25, 0.3) is 0 Å². The molecule has 0 aliphatic carbocycles. The number of anilines is 4. The van der Waals surface area contributed by atoms with Crippen molar-refractivity contribution < 1.29 is 0 Å². The number of aryl methyl sites for hydroxylation is 1. The molecule has 2 heterocycles. The number of halogens is 1. The highest BCUT2D eigenvalue weighted by molar-refractivity contribution is 6.31. The number of pyridine rings is 1. The molecule has 0 saturated carbocycles. The van der Waals surface area contributed by atoms with Crippen molar-refractivity contribution in [1.82, 2.24) is 15.0 Å². The second-order valence-electron chi connectivity index (χ2n) is 5.29. The van der Waals surface area contributed by atoms with E-state index in [9.17, 15) is 0 Å². The Bertz CT molecular complexity index is 838. The zero-order chi connectivity index (χ0) is 16.9. The minimum Gasteiger partial charge on any atom is -0.393 e. The molecule has 7 heteroatoms. The number of nitrogens with two attached hydrogens (primary N) is 1. The summed E-state index contributed by atoms with van der Waals surface area (Å²) in [7, 11) is 0. The van der Waals surface area contributed by atoms with Crippen LogP contribution in [0.3, 0.4) is 0 Å². The fourth-order valence-electron chi connectivity index (χ4n) is 2.13. The van der Waals surface area contributed by atoms with Crippen LogP contribution in [0.5, 0.6) is 0 Å². The normalized spacial score (nSPS) is 10.4. The molecule has 0 aliphatic rings. The van der Waals surface area contributed by atoms with E-state index in [1.54, 1.807) is 12.4 Å². The zero-order valence-electron chi connectivity index (χ0n) is 13.1. The van der Waals surface area contributed by atoms with E-state index in [1.807, 2.05) is 37.3 Å². The molecule has 0 atom stereocenters. The SMILES string of the molecule is Cc1ccc(Nc2ncnc(NCc3cccnc3)c2N)cc1Cl. The fraction of sp³-hybridized carbons (Fsp3) is 0.118. The van der Waals surface area contributed by atoms with Crippen LogP contribution in [0.15, 0.2) is 49.1 Å². The zero-order valence-corrected chi connectivity index (χ0v) is 13.9. The summed E-state index contributed by atoms with van der Waals surface area (Å²) in [5.41, 5.74) is 9.47. The number of nitrogen functional groups attached to an aromatic ring is 1. The Balaban J connectivity index is 1.76. The van der Waals surface area contributed by atoms with Crippen molar-refractivity contribution in [2.24, 2.45) is 0 Å². The summed E-state index contributed by atoms with van der Waals surface area (Å²) in [5.74, 6) is 1.09. The molecular formula is C17H17ClN6. The van der Waals surface area contributed by atoms with Crippen LogP contribution in [0.1, 0.15) is 11.1 Å². The van der Waals surface area contributed by atoms with Gasteiger partial charge in [-0.1, -0.05) is 23.7 Å². The van der Waals surface area contributed by atoms with E-state index in [4.69, 9.17) is 17.3 Å². The van der Waals surface area contributed by atoms with Crippen LogP contribution in [-0.4, -0.2) is 15.0 Å². The maximum absolute atomic E-state index is 6.16. The molecule has 0 unspecified atom stereocenters. The summed E-state index contributed by atoms with van der Waals surface area (Å²) in [6.07, 6.45) is 4.98. The van der Waals surface area contributed by atoms with E-state index in [1.165, 1.54) is 6.33 Å². The topological polar surface area (TPSA) is 88.8 Å². The lowest BCUT2D eigenvalue weighted by Gasteiger charge is -2.13. The Kier molecular flexibility index (Phi) is 4.77. The third-order valence-corrected chi connectivity index (χ3v) is 3.91. The van der Waals surface area contributed by atoms with Crippen LogP contribution in [0, 0.1) is 6.92 Å². The molecule has 4 N–H and O–H groups in total. The Morgan fingerprint density at radius 3 is 2.75 bits per heavy atom. The molecule has 3 rings (SSSR count). The molecule has 0 aliphatic heterocycles. The predicted octanol–water partition coefficient (Wildman–Crippen LogP) is 3.77. The maximum atomic E-state index is 6.16. The van der Waals surface area contributed by atoms with Gasteiger partial charge in [0.25, 0.3) is 0 Å². The van der Waals surface area contributed by atoms with Gasteiger partial charge in [-0.2, -0.15) is 0 Å². The van der Waals surface area contributed by atoms with Crippen molar-refractivity contribution in [3.63, 3.8) is 0 Å². The molecule has 2 aromatic heterocycles. The molecule has 1 aromatic carbocycles. The first-order chi connectivity index (χ1) is 11.6. The lowest BCUT2D eigenvalue weighted by molar-refractivity contribution is 1.07. The van der Waals surface area contributed by atoms with Gasteiger partial charge in [-0.3, -0.25) is 4.98 Å². The third kappa shape index (κ3) is 3.72. The van der Waals surface area contributed by atoms with Crippen molar-refractivity contribution in [3.05, 3.63) is 65.2 Å². The average Bonchev–Trinajstić information content (AvgIpc) is 2.60. The summed E-state index contributed by atoms with van der Waals surface area (Å²) >= 11 is 6.15. The molecule has 24 heavy (non-hydrogen) atoms. The van der Waals surface area contributed by atoms with E-state index in [0.29, 0.717) is 28.9 Å². The smallest absolute Gasteiger partial charge is 0.159 e. The van der Waals surface area contributed by atoms with Crippen LogP contribution in [-0.2, 0) is 6.54 Å². The summed E-state index contributed by atoms with van der Waals surface area (Å²) in [6.45, 7) is 2.52. The quantitative estimate of drug-likeness (QED) is 0.655. The molecule has 0 radical (unpaired) electrons. The van der Waals surface area contributed by atoms with Gasteiger partial charge in [0.15, 0.2) is 11.6 Å². The summed E-state index contributed by atoms with van der Waals surface area (Å²) in [4.78, 5) is 12.5. The van der Waals surface area contributed by atoms with Gasteiger partial charge in [-0.15, -0.1) is 0 Å². The second kappa shape index (κ2) is 7.14. The van der Waals surface area contributed by atoms with E-state index < -0.39 is 0 Å². The summed E-state index contributed by atoms with van der Waals surface area (Å²) < 4.78 is 0. The Hall–Kier alpha value is -2.86. The van der Waals surface area contributed by atoms with Gasteiger partial charge in [0.1, 0.15) is 12.0 Å². The highest BCUT2D eigenvalue weighted by atomic mass is 35.5. The largest absolute Gasteiger partial charge is 0.393 e. The van der Waals surface area contributed by atoms with Gasteiger partial charge in [0, 0.05) is 29.6 Å². The average molecular weight is 341 g/mol. The molecular weight excluding hydrogens is 324 g/mol. The van der Waals surface area contributed by atoms with Gasteiger partial charge in [0.05, 0.1) is 0 Å². The molecule has 0 amide bonds. The third-order valence-electron chi connectivity index (χ3n) is 3.50. The highest BCUT2D eigenvalue weighted by Gasteiger charge is 2.09. The Labute approximate surface area is 145 Å². The van der Waals surface area contributed by atoms with Crippen LogP contribution < -0.4 is 16.4 Å². The van der Waals surface area contributed by atoms with Crippen LogP contribution >= 0.6 is 11.6 Å². The molecule has 6 nitrogen and oxygen atoms in total. The minimum absolute atomic E-state index is 0.443. The van der Waals surface area contributed by atoms with Crippen molar-refractivity contribution >= 4 is 34.6 Å². The Morgan fingerprint density at radius 2 is 2.00 bits per heavy atom. The number of rotatable bonds is 5. The molecule has 0 saturated heterocycles. The molecule has 122 valence electrons. The number of nitrogens with one attached hydrogen (secondary N) is 2. The van der Waals surface area contributed by atoms with Crippen LogP contribution in [0.4, 0.5) is 23.0 Å². The lowest BCUT2D eigenvalue weighted by Crippen LogP contribution is -2.08. The van der Waals surface area contributed by atoms with Crippen molar-refractivity contribution in [1.29, 1.82) is 0 Å². The molecule has 0 bridgehead atoms. The van der Waals surface area contributed by atoms with Gasteiger partial charge in [0.2, 0.25) is 0 Å². The number of hydrogen-bond donors (Lipinski definition) is 3. The second-order valence-corrected chi connectivity index (χ2v) is 5.70. The monoisotopic (exact) mass is 340 g/mol. The first-order valence-corrected chi connectivity index (χ1v) is 7.77. The van der Waals surface area contributed by atoms with Gasteiger partial charge in [-0.25, -0.2) is 9.97 Å². The van der Waals surface area contributed by atoms with Gasteiger partial charge >= 0.3 is 0 Å². The van der Waals surface area contributed by atoms with Gasteiger partial charge in [-0.05, 0) is 36.2 Å². The van der Waals surface area contributed by atoms with Crippen molar-refractivity contribution in [2.45, 2.75) is 13.5 Å². The molecule has 0 spiro atoms. The first kappa shape index (κ1) is 16.0. The van der Waals surface area contributed by atoms with E-state index >= 15 is 0 Å². The minimum atomic E-state index is 0.443. The highest BCUT2D eigenvalue weighted by Crippen LogP contribution is 2.28. The summed E-state index contributed by atoms with van der Waals surface area (Å²) in [5, 5.41) is 7.04. The lowest BCUT2D eigenvalue weighted by atomic mass is 10.2. The molecule has 0 fully saturated rings. The first-order valence-electron chi connectivity index (χ1n) is 7.40. The molecule has 3 aromatic rings. The number of hydrogen-bond acceptors (Lipinski definition) is 6. The summed E-state index contributed by atoms with van der Waals surface area (Å²) in [6, 6.07) is 9.55. The van der Waals surface area contributed by atoms with Gasteiger partial charge < -0.3 is 16.4 Å². The van der Waals surface area contributed by atoms with E-state index in [2.05, 4.69) is 25.6 Å². The number of benzene rings is 1. The van der Waals surface area contributed by atoms with E-state index in [-0.39, 0.29) is 0 Å². The number of nitrogens with zero attached hydrogens (tertiary/aromatic N) is 3. The predicted molar refractivity (Wildman–Crippen MR) is 97.5 cm³/mol. The number of aromatic nitrogens is 3. The fourth-order valence-corrected chi connectivity index (χ4v) is 2.31. The standard InChI is InChI=1S/C17H17ClN6/c1-11-4-5-13(7-14(11)18)24-17-15(19)16(22-10-23-17)21-9-12-3-2-6-20-8-12/h2-8,10H,9,19H2,1H3,(H2,21,22,23,24). The van der Waals surface area contributed by atoms with Crippen LogP contribution in [0.2, 0.25) is 5.02 Å². The van der Waals surface area contributed by atoms with E-state index in [0.717, 1.165) is 16.8 Å².